The van der Waals surface area contributed by atoms with Crippen molar-refractivity contribution in [3.63, 3.8) is 0 Å². The molecule has 0 aliphatic rings. The highest BCUT2D eigenvalue weighted by molar-refractivity contribution is 6.14. The normalized spacial score (nSPS) is 11.5. The molecule has 0 aliphatic carbocycles. The third-order valence-electron chi connectivity index (χ3n) is 12.2. The molecular weight excluding hydrogens is 753 g/mol. The van der Waals surface area contributed by atoms with Crippen LogP contribution in [-0.4, -0.2) is 4.98 Å². The van der Waals surface area contributed by atoms with Gasteiger partial charge < -0.3 is 9.32 Å². The zero-order chi connectivity index (χ0) is 41.0. The van der Waals surface area contributed by atoms with Crippen molar-refractivity contribution in [3.05, 3.63) is 231 Å². The molecule has 1 aromatic heterocycles. The van der Waals surface area contributed by atoms with E-state index in [0.29, 0.717) is 5.89 Å². The Morgan fingerprint density at radius 1 is 0.306 bits per heavy atom. The van der Waals surface area contributed by atoms with Gasteiger partial charge in [-0.2, -0.15) is 0 Å². The van der Waals surface area contributed by atoms with Gasteiger partial charge >= 0.3 is 0 Å². The lowest BCUT2D eigenvalue weighted by molar-refractivity contribution is 0.623. The Labute approximate surface area is 359 Å². The van der Waals surface area contributed by atoms with Crippen molar-refractivity contribution in [1.29, 1.82) is 0 Å². The van der Waals surface area contributed by atoms with Crippen molar-refractivity contribution < 1.29 is 4.42 Å². The van der Waals surface area contributed by atoms with Crippen LogP contribution in [0.4, 0.5) is 17.1 Å². The van der Waals surface area contributed by atoms with E-state index in [4.69, 9.17) is 9.40 Å². The van der Waals surface area contributed by atoms with E-state index in [1.54, 1.807) is 0 Å². The molecule has 0 spiro atoms. The maximum Gasteiger partial charge on any atom is 0.227 e. The number of fused-ring (bicyclic) bond motifs is 7. The summed E-state index contributed by atoms with van der Waals surface area (Å²) in [6.45, 7) is 0. The quantitative estimate of drug-likeness (QED) is 0.151. The summed E-state index contributed by atoms with van der Waals surface area (Å²) in [7, 11) is 0. The van der Waals surface area contributed by atoms with E-state index in [9.17, 15) is 0 Å². The lowest BCUT2D eigenvalue weighted by atomic mass is 9.93. The Kier molecular flexibility index (Phi) is 8.50. The van der Waals surface area contributed by atoms with E-state index >= 15 is 0 Å². The fraction of sp³-hybridized carbons (Fsp3) is 0. The molecule has 0 fully saturated rings. The summed E-state index contributed by atoms with van der Waals surface area (Å²) in [5, 5.41) is 9.50. The first-order valence-corrected chi connectivity index (χ1v) is 21.1. The lowest BCUT2D eigenvalue weighted by Crippen LogP contribution is -2.10. The zero-order valence-electron chi connectivity index (χ0n) is 33.7. The van der Waals surface area contributed by atoms with Gasteiger partial charge in [-0.3, -0.25) is 0 Å². The third-order valence-corrected chi connectivity index (χ3v) is 12.2. The third kappa shape index (κ3) is 6.18. The van der Waals surface area contributed by atoms with Gasteiger partial charge in [0, 0.05) is 33.6 Å². The van der Waals surface area contributed by atoms with Crippen LogP contribution in [0, 0.1) is 0 Å². The first kappa shape index (κ1) is 35.7. The SMILES string of the molecule is c1ccc(-c2cccc(N(c3ccc(-c4cc5ccccc5c5ccccc45)cc3)c3ccc4ccc(-c5cc6ccccc6c6oc(-c7ccccc7)nc56)cc4c3)c2)cc1. The van der Waals surface area contributed by atoms with Gasteiger partial charge in [-0.1, -0.05) is 164 Å². The first-order valence-electron chi connectivity index (χ1n) is 21.1. The molecule has 0 unspecified atom stereocenters. The molecule has 3 heteroatoms. The number of hydrogen-bond donors (Lipinski definition) is 0. The monoisotopic (exact) mass is 790 g/mol. The minimum atomic E-state index is 0.620. The standard InChI is InChI=1S/C59H38N2O/c1-3-14-39(15-4-1)43-20-13-21-49(35-43)61(48-31-29-41(30-32-48)55-37-44-18-7-9-22-51(44)53-24-11-12-25-54(53)55)50-33-28-40-26-27-46(34-47(40)36-50)56-38-45-19-8-10-23-52(45)58-57(56)60-59(62-58)42-16-5-2-6-17-42/h1-38H. The van der Waals surface area contributed by atoms with E-state index in [1.807, 2.05) is 30.3 Å². The molecule has 290 valence electrons. The van der Waals surface area contributed by atoms with Crippen LogP contribution in [0.1, 0.15) is 0 Å². The second kappa shape index (κ2) is 14.8. The maximum atomic E-state index is 6.57. The highest BCUT2D eigenvalue weighted by Gasteiger charge is 2.19. The van der Waals surface area contributed by atoms with Crippen LogP contribution in [0.25, 0.3) is 99.0 Å². The molecule has 0 saturated carbocycles. The van der Waals surface area contributed by atoms with Gasteiger partial charge in [-0.25, -0.2) is 4.98 Å². The summed E-state index contributed by atoms with van der Waals surface area (Å²) >= 11 is 0. The summed E-state index contributed by atoms with van der Waals surface area (Å²) < 4.78 is 6.57. The molecule has 0 aliphatic heterocycles. The maximum absolute atomic E-state index is 6.57. The van der Waals surface area contributed by atoms with E-state index in [2.05, 4.69) is 205 Å². The first-order chi connectivity index (χ1) is 30.7. The Balaban J connectivity index is 1.00. The molecule has 62 heavy (non-hydrogen) atoms. The average Bonchev–Trinajstić information content (AvgIpc) is 3.81. The predicted molar refractivity (Wildman–Crippen MR) is 260 cm³/mol. The van der Waals surface area contributed by atoms with Crippen molar-refractivity contribution in [2.24, 2.45) is 0 Å². The lowest BCUT2D eigenvalue weighted by Gasteiger charge is -2.27. The van der Waals surface area contributed by atoms with Crippen molar-refractivity contribution >= 4 is 71.3 Å². The molecule has 0 atom stereocenters. The van der Waals surface area contributed by atoms with E-state index < -0.39 is 0 Å². The second-order valence-corrected chi connectivity index (χ2v) is 15.9. The van der Waals surface area contributed by atoms with Crippen LogP contribution in [-0.2, 0) is 0 Å². The number of aromatic nitrogens is 1. The Bertz CT molecular complexity index is 3630. The molecule has 0 bridgehead atoms. The van der Waals surface area contributed by atoms with Crippen LogP contribution >= 0.6 is 0 Å². The molecule has 1 heterocycles. The van der Waals surface area contributed by atoms with Crippen LogP contribution in [0.5, 0.6) is 0 Å². The van der Waals surface area contributed by atoms with Gasteiger partial charge in [0.15, 0.2) is 5.58 Å². The van der Waals surface area contributed by atoms with Crippen LogP contribution in [0.3, 0.4) is 0 Å². The smallest absolute Gasteiger partial charge is 0.227 e. The molecule has 0 radical (unpaired) electrons. The molecule has 12 rings (SSSR count). The van der Waals surface area contributed by atoms with Gasteiger partial charge in [0.25, 0.3) is 0 Å². The fourth-order valence-corrected chi connectivity index (χ4v) is 9.19. The largest absolute Gasteiger partial charge is 0.435 e. The molecule has 0 saturated heterocycles. The Hall–Kier alpha value is -8.27. The number of rotatable bonds is 7. The van der Waals surface area contributed by atoms with Crippen LogP contribution in [0.15, 0.2) is 235 Å². The zero-order valence-corrected chi connectivity index (χ0v) is 33.7. The molecule has 0 N–H and O–H groups in total. The van der Waals surface area contributed by atoms with E-state index in [1.165, 1.54) is 43.8 Å². The minimum Gasteiger partial charge on any atom is -0.435 e. The average molecular weight is 791 g/mol. The van der Waals surface area contributed by atoms with Crippen molar-refractivity contribution in [1.82, 2.24) is 4.98 Å². The number of nitrogens with zero attached hydrogens (tertiary/aromatic N) is 2. The van der Waals surface area contributed by atoms with Gasteiger partial charge in [0.1, 0.15) is 5.52 Å². The topological polar surface area (TPSA) is 29.3 Å². The van der Waals surface area contributed by atoms with Crippen LogP contribution < -0.4 is 4.90 Å². The highest BCUT2D eigenvalue weighted by atomic mass is 16.3. The van der Waals surface area contributed by atoms with E-state index in [0.717, 1.165) is 66.4 Å². The number of anilines is 3. The molecule has 0 amide bonds. The molecular formula is C59H38N2O. The molecule has 12 aromatic rings. The molecule has 3 nitrogen and oxygen atoms in total. The van der Waals surface area contributed by atoms with Gasteiger partial charge in [-0.15, -0.1) is 0 Å². The highest BCUT2D eigenvalue weighted by Crippen LogP contribution is 2.42. The number of benzene rings is 11. The summed E-state index contributed by atoms with van der Waals surface area (Å²) in [6.07, 6.45) is 0. The summed E-state index contributed by atoms with van der Waals surface area (Å²) in [5.74, 6) is 0.620. The number of hydrogen-bond acceptors (Lipinski definition) is 3. The Morgan fingerprint density at radius 2 is 0.887 bits per heavy atom. The van der Waals surface area contributed by atoms with E-state index in [-0.39, 0.29) is 0 Å². The van der Waals surface area contributed by atoms with Gasteiger partial charge in [0.05, 0.1) is 0 Å². The summed E-state index contributed by atoms with van der Waals surface area (Å²) in [4.78, 5) is 7.51. The van der Waals surface area contributed by atoms with Gasteiger partial charge in [-0.05, 0) is 132 Å². The van der Waals surface area contributed by atoms with Crippen molar-refractivity contribution in [3.8, 4) is 44.8 Å². The van der Waals surface area contributed by atoms with Crippen molar-refractivity contribution in [2.75, 3.05) is 4.90 Å². The second-order valence-electron chi connectivity index (χ2n) is 15.9. The summed E-state index contributed by atoms with van der Waals surface area (Å²) in [6, 6.07) is 82.6. The van der Waals surface area contributed by atoms with Crippen LogP contribution in [0.2, 0.25) is 0 Å². The molecule has 11 aromatic carbocycles. The van der Waals surface area contributed by atoms with Gasteiger partial charge in [0.2, 0.25) is 5.89 Å². The summed E-state index contributed by atoms with van der Waals surface area (Å²) in [5.41, 5.74) is 12.7. The Morgan fingerprint density at radius 3 is 1.68 bits per heavy atom. The number of oxazole rings is 1. The fourth-order valence-electron chi connectivity index (χ4n) is 9.19. The minimum absolute atomic E-state index is 0.620. The predicted octanol–water partition coefficient (Wildman–Crippen LogP) is 16.6. The van der Waals surface area contributed by atoms with Crippen molar-refractivity contribution in [2.45, 2.75) is 0 Å².